The van der Waals surface area contributed by atoms with Crippen LogP contribution in [0.15, 0.2) is 24.3 Å². The fraction of sp³-hybridized carbons (Fsp3) is 0.385. The fourth-order valence-corrected chi connectivity index (χ4v) is 2.87. The average molecular weight is 266 g/mol. The van der Waals surface area contributed by atoms with Crippen molar-refractivity contribution in [3.05, 3.63) is 46.0 Å². The minimum Gasteiger partial charge on any atom is -0.379 e. The van der Waals surface area contributed by atoms with Gasteiger partial charge in [-0.1, -0.05) is 12.2 Å². The maximum atomic E-state index is 13.6. The van der Waals surface area contributed by atoms with E-state index < -0.39 is 22.2 Å². The predicted molar refractivity (Wildman–Crippen MR) is 65.8 cm³/mol. The molecule has 6 heteroatoms. The molecule has 0 aliphatic heterocycles. The Morgan fingerprint density at radius 1 is 1.32 bits per heavy atom. The van der Waals surface area contributed by atoms with E-state index in [1.54, 1.807) is 0 Å². The molecule has 19 heavy (non-hydrogen) atoms. The first-order chi connectivity index (χ1) is 9.06. The SMILES string of the molecule is O=[N+]([O-])c1cc(NC2CC3CC=CC32)c(F)cc1F. The molecule has 0 amide bonds. The summed E-state index contributed by atoms with van der Waals surface area (Å²) in [6, 6.07) is 1.56. The van der Waals surface area contributed by atoms with Crippen molar-refractivity contribution in [2.24, 2.45) is 11.8 Å². The van der Waals surface area contributed by atoms with Crippen LogP contribution in [0.5, 0.6) is 0 Å². The molecule has 4 nitrogen and oxygen atoms in total. The zero-order chi connectivity index (χ0) is 13.6. The third kappa shape index (κ3) is 1.97. The van der Waals surface area contributed by atoms with Crippen molar-refractivity contribution in [2.45, 2.75) is 18.9 Å². The number of anilines is 1. The van der Waals surface area contributed by atoms with Crippen molar-refractivity contribution >= 4 is 11.4 Å². The Morgan fingerprint density at radius 3 is 2.79 bits per heavy atom. The molecule has 1 saturated carbocycles. The zero-order valence-corrected chi connectivity index (χ0v) is 9.98. The maximum absolute atomic E-state index is 13.6. The molecule has 1 aromatic rings. The molecule has 0 aromatic heterocycles. The lowest BCUT2D eigenvalue weighted by molar-refractivity contribution is -0.387. The Labute approximate surface area is 108 Å². The third-order valence-corrected chi connectivity index (χ3v) is 3.94. The van der Waals surface area contributed by atoms with E-state index in [4.69, 9.17) is 0 Å². The van der Waals surface area contributed by atoms with Crippen molar-refractivity contribution in [2.75, 3.05) is 5.32 Å². The van der Waals surface area contributed by atoms with E-state index in [0.717, 1.165) is 18.9 Å². The van der Waals surface area contributed by atoms with Crippen LogP contribution < -0.4 is 5.32 Å². The van der Waals surface area contributed by atoms with Gasteiger partial charge in [0.15, 0.2) is 0 Å². The lowest BCUT2D eigenvalue weighted by atomic mass is 9.71. The summed E-state index contributed by atoms with van der Waals surface area (Å²) in [6.07, 6.45) is 6.12. The quantitative estimate of drug-likeness (QED) is 0.519. The Balaban J connectivity index is 1.82. The van der Waals surface area contributed by atoms with E-state index in [9.17, 15) is 18.9 Å². The second-order valence-electron chi connectivity index (χ2n) is 5.03. The highest BCUT2D eigenvalue weighted by Crippen LogP contribution is 2.44. The highest BCUT2D eigenvalue weighted by atomic mass is 19.1. The van der Waals surface area contributed by atoms with E-state index in [0.29, 0.717) is 17.9 Å². The van der Waals surface area contributed by atoms with Gasteiger partial charge >= 0.3 is 5.69 Å². The van der Waals surface area contributed by atoms with Crippen molar-refractivity contribution in [3.8, 4) is 0 Å². The summed E-state index contributed by atoms with van der Waals surface area (Å²) in [5.41, 5.74) is -0.710. The molecule has 3 rings (SSSR count). The smallest absolute Gasteiger partial charge is 0.307 e. The van der Waals surface area contributed by atoms with Gasteiger partial charge in [-0.05, 0) is 18.8 Å². The number of fused-ring (bicyclic) bond motifs is 1. The second kappa shape index (κ2) is 4.29. The van der Waals surface area contributed by atoms with Gasteiger partial charge in [-0.15, -0.1) is 0 Å². The number of benzene rings is 1. The number of nitro benzene ring substituents is 1. The van der Waals surface area contributed by atoms with Crippen molar-refractivity contribution in [3.63, 3.8) is 0 Å². The summed E-state index contributed by atoms with van der Waals surface area (Å²) < 4.78 is 26.8. The van der Waals surface area contributed by atoms with Crippen LogP contribution in [0.3, 0.4) is 0 Å². The van der Waals surface area contributed by atoms with Gasteiger partial charge in [-0.2, -0.15) is 4.39 Å². The summed E-state index contributed by atoms with van der Waals surface area (Å²) in [4.78, 5) is 9.79. The second-order valence-corrected chi connectivity index (χ2v) is 5.03. The monoisotopic (exact) mass is 266 g/mol. The largest absolute Gasteiger partial charge is 0.379 e. The molecule has 3 atom stereocenters. The van der Waals surface area contributed by atoms with E-state index in [1.165, 1.54) is 0 Å². The molecule has 2 aliphatic carbocycles. The van der Waals surface area contributed by atoms with Gasteiger partial charge in [0, 0.05) is 24.1 Å². The number of rotatable bonds is 3. The standard InChI is InChI=1S/C13H12F2N2O2/c14-9-5-10(15)13(17(18)19)6-12(9)16-11-4-7-2-1-3-8(7)11/h1,3,5-8,11,16H,2,4H2. The molecule has 100 valence electrons. The molecule has 0 radical (unpaired) electrons. The Kier molecular flexibility index (Phi) is 2.73. The van der Waals surface area contributed by atoms with E-state index in [2.05, 4.69) is 17.5 Å². The lowest BCUT2D eigenvalue weighted by Crippen LogP contribution is -2.43. The molecule has 0 spiro atoms. The van der Waals surface area contributed by atoms with Crippen LogP contribution in [0.1, 0.15) is 12.8 Å². The van der Waals surface area contributed by atoms with E-state index >= 15 is 0 Å². The Morgan fingerprint density at radius 2 is 2.11 bits per heavy atom. The number of nitro groups is 1. The van der Waals surface area contributed by atoms with E-state index in [1.807, 2.05) is 0 Å². The number of nitrogens with one attached hydrogen (secondary N) is 1. The van der Waals surface area contributed by atoms with Crippen molar-refractivity contribution in [1.82, 2.24) is 0 Å². The number of halogens is 2. The van der Waals surface area contributed by atoms with Crippen LogP contribution in [-0.4, -0.2) is 11.0 Å². The number of nitrogens with zero attached hydrogens (tertiary/aromatic N) is 1. The molecular weight excluding hydrogens is 254 g/mol. The molecule has 0 saturated heterocycles. The zero-order valence-electron chi connectivity index (χ0n) is 9.98. The molecule has 1 fully saturated rings. The molecule has 0 heterocycles. The molecule has 3 unspecified atom stereocenters. The lowest BCUT2D eigenvalue weighted by Gasteiger charge is -2.41. The highest BCUT2D eigenvalue weighted by molar-refractivity contribution is 5.54. The first kappa shape index (κ1) is 12.1. The summed E-state index contributed by atoms with van der Waals surface area (Å²) >= 11 is 0. The molecule has 1 N–H and O–H groups in total. The van der Waals surface area contributed by atoms with Crippen LogP contribution in [0.2, 0.25) is 0 Å². The first-order valence-electron chi connectivity index (χ1n) is 6.13. The first-order valence-corrected chi connectivity index (χ1v) is 6.13. The number of hydrogen-bond donors (Lipinski definition) is 1. The average Bonchev–Trinajstić information content (AvgIpc) is 2.69. The van der Waals surface area contributed by atoms with Gasteiger partial charge in [-0.3, -0.25) is 10.1 Å². The molecule has 0 bridgehead atoms. The van der Waals surface area contributed by atoms with Gasteiger partial charge in [-0.25, -0.2) is 4.39 Å². The van der Waals surface area contributed by atoms with Gasteiger partial charge in [0.25, 0.3) is 0 Å². The Hall–Kier alpha value is -1.98. The van der Waals surface area contributed by atoms with Crippen LogP contribution in [-0.2, 0) is 0 Å². The van der Waals surface area contributed by atoms with Crippen molar-refractivity contribution < 1.29 is 13.7 Å². The van der Waals surface area contributed by atoms with Gasteiger partial charge in [0.05, 0.1) is 10.6 Å². The third-order valence-electron chi connectivity index (χ3n) is 3.94. The van der Waals surface area contributed by atoms with Crippen LogP contribution in [0, 0.1) is 33.6 Å². The topological polar surface area (TPSA) is 55.2 Å². The normalized spacial score (nSPS) is 27.8. The fourth-order valence-electron chi connectivity index (χ4n) is 2.87. The summed E-state index contributed by atoms with van der Waals surface area (Å²) in [6.45, 7) is 0. The van der Waals surface area contributed by atoms with Gasteiger partial charge in [0.1, 0.15) is 5.82 Å². The molecular formula is C13H12F2N2O2. The molecule has 1 aromatic carbocycles. The highest BCUT2D eigenvalue weighted by Gasteiger charge is 2.41. The van der Waals surface area contributed by atoms with Crippen LogP contribution in [0.25, 0.3) is 0 Å². The van der Waals surface area contributed by atoms with E-state index in [-0.39, 0.29) is 11.7 Å². The maximum Gasteiger partial charge on any atom is 0.307 e. The number of hydrogen-bond acceptors (Lipinski definition) is 3. The van der Waals surface area contributed by atoms with Crippen LogP contribution in [0.4, 0.5) is 20.2 Å². The van der Waals surface area contributed by atoms with Gasteiger partial charge < -0.3 is 5.32 Å². The summed E-state index contributed by atoms with van der Waals surface area (Å²) in [7, 11) is 0. The number of allylic oxidation sites excluding steroid dienone is 1. The summed E-state index contributed by atoms with van der Waals surface area (Å²) in [5.74, 6) is -1.01. The molecule has 2 aliphatic rings. The summed E-state index contributed by atoms with van der Waals surface area (Å²) in [5, 5.41) is 13.6. The van der Waals surface area contributed by atoms with Crippen LogP contribution >= 0.6 is 0 Å². The minimum atomic E-state index is -1.15. The minimum absolute atomic E-state index is 0.00292. The Bertz CT molecular complexity index is 574. The van der Waals surface area contributed by atoms with Crippen molar-refractivity contribution in [1.29, 1.82) is 0 Å². The predicted octanol–water partition coefficient (Wildman–Crippen LogP) is 3.25. The van der Waals surface area contributed by atoms with Gasteiger partial charge in [0.2, 0.25) is 5.82 Å².